The van der Waals surface area contributed by atoms with Crippen LogP contribution in [-0.2, 0) is 19.2 Å². The third-order valence-corrected chi connectivity index (χ3v) is 9.01. The smallest absolute Gasteiger partial charge is 0.339 e. The summed E-state index contributed by atoms with van der Waals surface area (Å²) in [6, 6.07) is 8.22. The van der Waals surface area contributed by atoms with Crippen LogP contribution in [0.3, 0.4) is 0 Å². The Morgan fingerprint density at radius 3 is 2.48 bits per heavy atom. The number of Topliss-reactive ketones (excluding diaryl/α,β-unsaturated/α-hetero) is 1. The van der Waals surface area contributed by atoms with Crippen molar-refractivity contribution in [3.05, 3.63) is 80.9 Å². The number of nitrogens with zero attached hydrogens (tertiary/aromatic N) is 1. The number of rotatable bonds is 5. The molecule has 3 N–H and O–H groups in total. The largest absolute Gasteiger partial charge is 0.507 e. The number of carbonyl (C=O) groups is 5. The first-order valence-corrected chi connectivity index (χ1v) is 14.1. The molecule has 1 saturated heterocycles. The number of halogens is 1. The van der Waals surface area contributed by atoms with Gasteiger partial charge in [-0.15, -0.1) is 0 Å². The standard InChI is InChI=1S/C31H24BrNO9/c1-2-42-24-9-13(3-8-21(24)34)25-15-6-7-17-26(18(15)11-19-27(25)23(36)12-20(32)28(19)37)30(39)33(29(17)38)14-4-5-16(31(40)41)22(35)10-14/h3-6,8-10,12,17-18,25-26,34-35H,2,7,11H2,1H3,(H,40,41). The molecule has 2 amide bonds. The summed E-state index contributed by atoms with van der Waals surface area (Å²) in [6.07, 6.45) is 3.37. The number of amides is 2. The first-order valence-electron chi connectivity index (χ1n) is 13.3. The van der Waals surface area contributed by atoms with Crippen molar-refractivity contribution in [1.82, 2.24) is 0 Å². The Morgan fingerprint density at radius 1 is 1.02 bits per heavy atom. The molecule has 0 bridgehead atoms. The van der Waals surface area contributed by atoms with Crippen LogP contribution in [0, 0.1) is 17.8 Å². The Morgan fingerprint density at radius 2 is 1.79 bits per heavy atom. The normalized spacial score (nSPS) is 25.0. The van der Waals surface area contributed by atoms with Crippen LogP contribution >= 0.6 is 15.9 Å². The number of aromatic carboxylic acids is 1. The van der Waals surface area contributed by atoms with Crippen molar-refractivity contribution < 1.29 is 44.0 Å². The Labute approximate surface area is 247 Å². The third-order valence-electron chi connectivity index (χ3n) is 8.42. The zero-order valence-corrected chi connectivity index (χ0v) is 23.8. The van der Waals surface area contributed by atoms with E-state index >= 15 is 0 Å². The number of carbonyl (C=O) groups excluding carboxylic acids is 4. The van der Waals surface area contributed by atoms with Crippen molar-refractivity contribution in [3.8, 4) is 17.2 Å². The number of fused-ring (bicyclic) bond motifs is 3. The lowest BCUT2D eigenvalue weighted by atomic mass is 9.59. The summed E-state index contributed by atoms with van der Waals surface area (Å²) in [5.74, 6) is -6.47. The molecule has 1 heterocycles. The lowest BCUT2D eigenvalue weighted by molar-refractivity contribution is -0.123. The molecular weight excluding hydrogens is 610 g/mol. The molecule has 4 unspecified atom stereocenters. The second kappa shape index (κ2) is 10.1. The summed E-state index contributed by atoms with van der Waals surface area (Å²) in [5.41, 5.74) is 1.55. The number of hydrogen-bond acceptors (Lipinski definition) is 8. The molecule has 11 heteroatoms. The molecule has 10 nitrogen and oxygen atoms in total. The van der Waals surface area contributed by atoms with Crippen molar-refractivity contribution in [1.29, 1.82) is 0 Å². The molecule has 0 spiro atoms. The van der Waals surface area contributed by atoms with Crippen molar-refractivity contribution >= 4 is 51.0 Å². The molecule has 0 saturated carbocycles. The number of imide groups is 1. The molecule has 2 aromatic rings. The highest BCUT2D eigenvalue weighted by Gasteiger charge is 2.56. The number of allylic oxidation sites excluding steroid dienone is 6. The van der Waals surface area contributed by atoms with E-state index in [-0.39, 0.29) is 63.8 Å². The molecule has 3 aliphatic carbocycles. The first-order chi connectivity index (χ1) is 20.0. The highest BCUT2D eigenvalue weighted by Crippen LogP contribution is 2.56. The van der Waals surface area contributed by atoms with E-state index in [4.69, 9.17) is 4.74 Å². The predicted molar refractivity (Wildman–Crippen MR) is 151 cm³/mol. The molecule has 4 aliphatic rings. The second-order valence-corrected chi connectivity index (χ2v) is 11.4. The summed E-state index contributed by atoms with van der Waals surface area (Å²) in [5, 5.41) is 29.8. The third kappa shape index (κ3) is 4.10. The lowest BCUT2D eigenvalue weighted by Crippen LogP contribution is -2.39. The van der Waals surface area contributed by atoms with Gasteiger partial charge in [-0.3, -0.25) is 19.2 Å². The van der Waals surface area contributed by atoms with Crippen molar-refractivity contribution in [3.63, 3.8) is 0 Å². The molecule has 2 aromatic carbocycles. The number of aromatic hydroxyl groups is 2. The first kappa shape index (κ1) is 27.6. The maximum absolute atomic E-state index is 14.0. The number of anilines is 1. The maximum atomic E-state index is 14.0. The van der Waals surface area contributed by atoms with Crippen LogP contribution in [0.15, 0.2) is 69.8 Å². The fraction of sp³-hybridized carbons (Fsp3) is 0.258. The van der Waals surface area contributed by atoms with E-state index in [9.17, 15) is 39.3 Å². The fourth-order valence-corrected chi connectivity index (χ4v) is 7.11. The summed E-state index contributed by atoms with van der Waals surface area (Å²) in [6.45, 7) is 2.05. The molecule has 0 aromatic heterocycles. The number of carboxylic acids is 1. The Bertz CT molecular complexity index is 1720. The monoisotopic (exact) mass is 633 g/mol. The van der Waals surface area contributed by atoms with Gasteiger partial charge in [0.25, 0.3) is 0 Å². The Hall–Kier alpha value is -4.51. The van der Waals surface area contributed by atoms with E-state index in [0.717, 1.165) is 22.6 Å². The summed E-state index contributed by atoms with van der Waals surface area (Å²) in [4.78, 5) is 66.7. The van der Waals surface area contributed by atoms with Crippen LogP contribution in [0.1, 0.15) is 41.6 Å². The van der Waals surface area contributed by atoms with Gasteiger partial charge in [0, 0.05) is 29.2 Å². The van der Waals surface area contributed by atoms with Crippen LogP contribution in [0.4, 0.5) is 5.69 Å². The lowest BCUT2D eigenvalue weighted by Gasteiger charge is -2.42. The molecule has 1 aliphatic heterocycles. The minimum atomic E-state index is -1.36. The molecular formula is C31H24BrNO9. The van der Waals surface area contributed by atoms with Gasteiger partial charge in [-0.05, 0) is 71.4 Å². The SMILES string of the molecule is CCOc1cc(C2C3=CCC4C(=O)N(c5ccc(C(=O)O)c(O)c5)C(=O)C4C3CC3=C2C(=O)C=C(Br)C3=O)ccc1O. The minimum absolute atomic E-state index is 0.0465. The van der Waals surface area contributed by atoms with E-state index in [1.165, 1.54) is 18.2 Å². The van der Waals surface area contributed by atoms with Gasteiger partial charge in [0.05, 0.1) is 28.6 Å². The number of phenolic OH excluding ortho intramolecular Hbond substituents is 1. The van der Waals surface area contributed by atoms with Gasteiger partial charge in [-0.1, -0.05) is 17.7 Å². The highest BCUT2D eigenvalue weighted by atomic mass is 79.9. The molecule has 0 radical (unpaired) electrons. The van der Waals surface area contributed by atoms with Crippen LogP contribution in [-0.4, -0.2) is 51.3 Å². The number of ketones is 2. The van der Waals surface area contributed by atoms with E-state index in [2.05, 4.69) is 15.9 Å². The van der Waals surface area contributed by atoms with Crippen LogP contribution < -0.4 is 9.64 Å². The van der Waals surface area contributed by atoms with Gasteiger partial charge in [-0.25, -0.2) is 9.69 Å². The van der Waals surface area contributed by atoms with E-state index in [1.807, 2.05) is 6.08 Å². The fourth-order valence-electron chi connectivity index (χ4n) is 6.66. The number of benzene rings is 2. The van der Waals surface area contributed by atoms with Gasteiger partial charge >= 0.3 is 5.97 Å². The van der Waals surface area contributed by atoms with Gasteiger partial charge in [-0.2, -0.15) is 0 Å². The van der Waals surface area contributed by atoms with E-state index in [0.29, 0.717) is 11.1 Å². The van der Waals surface area contributed by atoms with E-state index < -0.39 is 47.2 Å². The van der Waals surface area contributed by atoms with Crippen LogP contribution in [0.5, 0.6) is 17.2 Å². The number of phenols is 2. The van der Waals surface area contributed by atoms with Crippen molar-refractivity contribution in [2.24, 2.45) is 17.8 Å². The van der Waals surface area contributed by atoms with Crippen LogP contribution in [0.25, 0.3) is 0 Å². The minimum Gasteiger partial charge on any atom is -0.507 e. The van der Waals surface area contributed by atoms with Gasteiger partial charge in [0.2, 0.25) is 11.8 Å². The molecule has 214 valence electrons. The Balaban J connectivity index is 1.46. The zero-order valence-electron chi connectivity index (χ0n) is 22.2. The summed E-state index contributed by atoms with van der Waals surface area (Å²) >= 11 is 3.20. The van der Waals surface area contributed by atoms with Crippen molar-refractivity contribution in [2.75, 3.05) is 11.5 Å². The topological polar surface area (TPSA) is 159 Å². The number of ether oxygens (including phenoxy) is 1. The van der Waals surface area contributed by atoms with E-state index in [1.54, 1.807) is 19.1 Å². The number of carboxylic acid groups (broad SMARTS) is 1. The maximum Gasteiger partial charge on any atom is 0.339 e. The molecule has 42 heavy (non-hydrogen) atoms. The summed E-state index contributed by atoms with van der Waals surface area (Å²) in [7, 11) is 0. The zero-order chi connectivity index (χ0) is 30.0. The average molecular weight is 634 g/mol. The Kier molecular flexibility index (Phi) is 6.64. The quantitative estimate of drug-likeness (QED) is 0.250. The van der Waals surface area contributed by atoms with Crippen LogP contribution in [0.2, 0.25) is 0 Å². The van der Waals surface area contributed by atoms with Crippen molar-refractivity contribution in [2.45, 2.75) is 25.7 Å². The average Bonchev–Trinajstić information content (AvgIpc) is 3.21. The molecule has 4 atom stereocenters. The number of hydrogen-bond donors (Lipinski definition) is 3. The molecule has 1 fully saturated rings. The predicted octanol–water partition coefficient (Wildman–Crippen LogP) is 4.16. The second-order valence-electron chi connectivity index (χ2n) is 10.6. The highest BCUT2D eigenvalue weighted by molar-refractivity contribution is 9.12. The summed E-state index contributed by atoms with van der Waals surface area (Å²) < 4.78 is 5.69. The van der Waals surface area contributed by atoms with Gasteiger partial charge in [0.15, 0.2) is 23.1 Å². The molecule has 6 rings (SSSR count). The van der Waals surface area contributed by atoms with Gasteiger partial charge in [0.1, 0.15) is 11.3 Å². The van der Waals surface area contributed by atoms with Gasteiger partial charge < -0.3 is 20.1 Å².